The average Bonchev–Trinajstić information content (AvgIpc) is 2.81. The van der Waals surface area contributed by atoms with E-state index in [1.165, 1.54) is 56.3 Å². The molecule has 0 radical (unpaired) electrons. The minimum Gasteiger partial charge on any atom is -0.206 e. The van der Waals surface area contributed by atoms with E-state index in [0.29, 0.717) is 5.56 Å². The minimum atomic E-state index is -1.11. The third-order valence-electron chi connectivity index (χ3n) is 8.24. The van der Waals surface area contributed by atoms with Gasteiger partial charge in [-0.15, -0.1) is 0 Å². The molecular weight excluding hydrogens is 440 g/mol. The first-order valence-corrected chi connectivity index (χ1v) is 15.3. The molecule has 2 aliphatic rings. The van der Waals surface area contributed by atoms with E-state index in [4.69, 9.17) is 0 Å². The minimum absolute atomic E-state index is 0.0190. The van der Waals surface area contributed by atoms with Crippen molar-refractivity contribution in [3.63, 3.8) is 0 Å². The van der Waals surface area contributed by atoms with Gasteiger partial charge in [-0.25, -0.2) is 17.6 Å². The number of hydrogen-bond acceptors (Lipinski definition) is 0. The summed E-state index contributed by atoms with van der Waals surface area (Å²) >= 11 is 0. The maximum Gasteiger partial charge on any atom is 0.159 e. The van der Waals surface area contributed by atoms with Crippen molar-refractivity contribution < 1.29 is 17.6 Å². The predicted molar refractivity (Wildman–Crippen MR) is 130 cm³/mol. The molecule has 2 aromatic rings. The van der Waals surface area contributed by atoms with Gasteiger partial charge in [0.15, 0.2) is 11.6 Å². The van der Waals surface area contributed by atoms with E-state index in [9.17, 15) is 17.6 Å². The van der Waals surface area contributed by atoms with Crippen LogP contribution in [0.15, 0.2) is 30.3 Å². The van der Waals surface area contributed by atoms with Gasteiger partial charge in [-0.2, -0.15) is 0 Å². The first-order chi connectivity index (χ1) is 15.9. The van der Waals surface area contributed by atoms with Gasteiger partial charge in [-0.05, 0) is 78.8 Å². The maximum absolute atomic E-state index is 14.8. The zero-order chi connectivity index (χ0) is 23.4. The van der Waals surface area contributed by atoms with E-state index in [2.05, 4.69) is 6.92 Å². The van der Waals surface area contributed by atoms with E-state index in [-0.39, 0.29) is 17.0 Å². The van der Waals surface area contributed by atoms with Crippen LogP contribution in [0.25, 0.3) is 11.1 Å². The number of halogens is 4. The summed E-state index contributed by atoms with van der Waals surface area (Å²) in [5.74, 6) is -1.72. The zero-order valence-electron chi connectivity index (χ0n) is 19.7. The van der Waals surface area contributed by atoms with E-state index in [1.54, 1.807) is 12.1 Å². The lowest BCUT2D eigenvalue weighted by Crippen LogP contribution is -2.22. The zero-order valence-corrected chi connectivity index (χ0v) is 20.8. The van der Waals surface area contributed by atoms with Crippen LogP contribution in [-0.2, 0) is 0 Å². The molecule has 0 aromatic heterocycles. The summed E-state index contributed by atoms with van der Waals surface area (Å²) < 4.78 is 56.4. The topological polar surface area (TPSA) is 0 Å². The Labute approximate surface area is 197 Å². The Balaban J connectivity index is 1.30. The Morgan fingerprint density at radius 3 is 1.91 bits per heavy atom. The Bertz CT molecular complexity index is 904. The second-order valence-corrected chi connectivity index (χ2v) is 13.9. The summed E-state index contributed by atoms with van der Waals surface area (Å²) in [6.07, 6.45) is 11.1. The normalized spacial score (nSPS) is 25.8. The smallest absolute Gasteiger partial charge is 0.159 e. The highest BCUT2D eigenvalue weighted by Crippen LogP contribution is 2.41. The highest BCUT2D eigenvalue weighted by molar-refractivity contribution is 6.58. The molecule has 1 aliphatic carbocycles. The molecule has 0 unspecified atom stereocenters. The molecule has 4 rings (SSSR count). The average molecular weight is 477 g/mol. The van der Waals surface area contributed by atoms with Crippen molar-refractivity contribution in [2.24, 2.45) is 11.8 Å². The third-order valence-corrected chi connectivity index (χ3v) is 11.9. The molecule has 0 atom stereocenters. The summed E-state index contributed by atoms with van der Waals surface area (Å²) in [6.45, 7) is 2.32. The number of rotatable bonds is 7. The van der Waals surface area contributed by atoms with Crippen LogP contribution >= 0.6 is 0 Å². The van der Waals surface area contributed by atoms with Gasteiger partial charge in [-0.3, -0.25) is 0 Å². The van der Waals surface area contributed by atoms with Crippen molar-refractivity contribution >= 4 is 8.80 Å². The monoisotopic (exact) mass is 476 g/mol. The molecule has 0 nitrogen and oxygen atoms in total. The lowest BCUT2D eigenvalue weighted by Gasteiger charge is -2.32. The van der Waals surface area contributed by atoms with Crippen LogP contribution in [0.5, 0.6) is 0 Å². The highest BCUT2D eigenvalue weighted by Gasteiger charge is 2.27. The molecule has 1 saturated carbocycles. The van der Waals surface area contributed by atoms with Gasteiger partial charge in [0.2, 0.25) is 0 Å². The van der Waals surface area contributed by atoms with Crippen molar-refractivity contribution in [2.45, 2.75) is 88.8 Å². The Kier molecular flexibility index (Phi) is 8.32. The molecular formula is C28H36F4Si. The van der Waals surface area contributed by atoms with E-state index in [0.717, 1.165) is 49.7 Å². The quantitative estimate of drug-likeness (QED) is 0.276. The van der Waals surface area contributed by atoms with Crippen molar-refractivity contribution in [2.75, 3.05) is 0 Å². The lowest BCUT2D eigenvalue weighted by atomic mass is 9.76. The predicted octanol–water partition coefficient (Wildman–Crippen LogP) is 9.01. The summed E-state index contributed by atoms with van der Waals surface area (Å²) in [5.41, 5.74) is 0.419. The Hall–Kier alpha value is -1.62. The summed E-state index contributed by atoms with van der Waals surface area (Å²) in [6, 6.07) is 10.4. The van der Waals surface area contributed by atoms with Crippen molar-refractivity contribution in [3.8, 4) is 11.1 Å². The summed E-state index contributed by atoms with van der Waals surface area (Å²) in [4.78, 5) is 0. The SMILES string of the molecule is CCC[SiH]1CCC(CCC2CCC(c3cc(F)c(-c4ccc(F)c(F)c4)c(F)c3)CC2)CC1. The van der Waals surface area contributed by atoms with E-state index in [1.807, 2.05) is 0 Å². The van der Waals surface area contributed by atoms with Gasteiger partial charge in [0.05, 0.1) is 5.56 Å². The molecule has 0 N–H and O–H groups in total. The fourth-order valence-corrected chi connectivity index (χ4v) is 9.80. The lowest BCUT2D eigenvalue weighted by molar-refractivity contribution is 0.279. The van der Waals surface area contributed by atoms with Crippen molar-refractivity contribution in [3.05, 3.63) is 59.2 Å². The van der Waals surface area contributed by atoms with Crippen molar-refractivity contribution in [1.29, 1.82) is 0 Å². The largest absolute Gasteiger partial charge is 0.206 e. The summed E-state index contributed by atoms with van der Waals surface area (Å²) in [7, 11) is -0.401. The van der Waals surface area contributed by atoms with Crippen LogP contribution in [0.3, 0.4) is 0 Å². The standard InChI is InChI=1S/C28H36F4Si/c1-2-13-33-14-11-20(12-15-33)4-3-19-5-7-21(8-6-19)23-17-26(31)28(27(32)18-23)22-9-10-24(29)25(30)16-22/h9-10,16-21,33H,2-8,11-15H2,1H3. The fraction of sp³-hybridized carbons (Fsp3) is 0.571. The second-order valence-electron chi connectivity index (χ2n) is 10.5. The molecule has 2 aromatic carbocycles. The van der Waals surface area contributed by atoms with Gasteiger partial charge in [0, 0.05) is 8.80 Å². The first kappa shape index (κ1) is 24.5. The van der Waals surface area contributed by atoms with E-state index < -0.39 is 32.1 Å². The summed E-state index contributed by atoms with van der Waals surface area (Å²) in [5, 5.41) is 0. The van der Waals surface area contributed by atoms with Crippen LogP contribution in [0, 0.1) is 35.1 Å². The highest BCUT2D eigenvalue weighted by atomic mass is 28.3. The van der Waals surface area contributed by atoms with Crippen LogP contribution in [0.4, 0.5) is 17.6 Å². The molecule has 33 heavy (non-hydrogen) atoms. The molecule has 1 saturated heterocycles. The van der Waals surface area contributed by atoms with Gasteiger partial charge < -0.3 is 0 Å². The molecule has 2 fully saturated rings. The first-order valence-electron chi connectivity index (χ1n) is 12.9. The molecule has 5 heteroatoms. The molecule has 1 heterocycles. The molecule has 1 aliphatic heterocycles. The van der Waals surface area contributed by atoms with Crippen molar-refractivity contribution in [1.82, 2.24) is 0 Å². The van der Waals surface area contributed by atoms with Gasteiger partial charge in [0.1, 0.15) is 11.6 Å². The van der Waals surface area contributed by atoms with Gasteiger partial charge in [-0.1, -0.05) is 63.2 Å². The van der Waals surface area contributed by atoms with Crippen LogP contribution in [-0.4, -0.2) is 8.80 Å². The third kappa shape index (κ3) is 6.09. The Morgan fingerprint density at radius 2 is 1.33 bits per heavy atom. The Morgan fingerprint density at radius 1 is 0.727 bits per heavy atom. The molecule has 0 spiro atoms. The molecule has 0 bridgehead atoms. The van der Waals surface area contributed by atoms with Gasteiger partial charge >= 0.3 is 0 Å². The van der Waals surface area contributed by atoms with Crippen LogP contribution in [0.2, 0.25) is 18.1 Å². The van der Waals surface area contributed by atoms with Gasteiger partial charge in [0.25, 0.3) is 0 Å². The second kappa shape index (κ2) is 11.2. The van der Waals surface area contributed by atoms with E-state index >= 15 is 0 Å². The number of hydrogen-bond donors (Lipinski definition) is 0. The fourth-order valence-electron chi connectivity index (χ4n) is 6.23. The molecule has 0 amide bonds. The maximum atomic E-state index is 14.8. The van der Waals surface area contributed by atoms with Crippen LogP contribution in [0.1, 0.15) is 76.2 Å². The number of benzene rings is 2. The van der Waals surface area contributed by atoms with Crippen LogP contribution < -0.4 is 0 Å². The molecule has 180 valence electrons.